The van der Waals surface area contributed by atoms with E-state index < -0.39 is 0 Å². The Hall–Kier alpha value is -2.05. The minimum atomic E-state index is -0.134. The second kappa shape index (κ2) is 6.15. The number of amides is 1. The first-order valence-corrected chi connectivity index (χ1v) is 8.13. The van der Waals surface area contributed by atoms with E-state index in [-0.39, 0.29) is 11.9 Å². The summed E-state index contributed by atoms with van der Waals surface area (Å²) in [6, 6.07) is 13.7. The van der Waals surface area contributed by atoms with Gasteiger partial charge in [-0.15, -0.1) is 16.4 Å². The summed E-state index contributed by atoms with van der Waals surface area (Å²) in [7, 11) is 0. The lowest BCUT2D eigenvalue weighted by Crippen LogP contribution is -2.26. The highest BCUT2D eigenvalue weighted by Gasteiger charge is 2.20. The zero-order valence-corrected chi connectivity index (χ0v) is 12.9. The van der Waals surface area contributed by atoms with Crippen molar-refractivity contribution >= 4 is 28.8 Å². The van der Waals surface area contributed by atoms with Gasteiger partial charge in [-0.1, -0.05) is 40.9 Å². The van der Waals surface area contributed by atoms with Gasteiger partial charge in [0.25, 0.3) is 5.91 Å². The van der Waals surface area contributed by atoms with E-state index in [4.69, 9.17) is 0 Å². The molecule has 21 heavy (non-hydrogen) atoms. The molecular weight excluding hydrogens is 302 g/mol. The summed E-state index contributed by atoms with van der Waals surface area (Å²) >= 11 is 2.68. The maximum atomic E-state index is 12.4. The predicted octanol–water partition coefficient (Wildman–Crippen LogP) is 3.76. The van der Waals surface area contributed by atoms with E-state index in [9.17, 15) is 4.79 Å². The largest absolute Gasteiger partial charge is 0.345 e. The van der Waals surface area contributed by atoms with E-state index in [0.29, 0.717) is 10.6 Å². The van der Waals surface area contributed by atoms with Gasteiger partial charge in [0, 0.05) is 0 Å². The van der Waals surface area contributed by atoms with Gasteiger partial charge >= 0.3 is 0 Å². The predicted molar refractivity (Wildman–Crippen MR) is 85.5 cm³/mol. The number of hydrogen-bond acceptors (Lipinski definition) is 5. The second-order valence-electron chi connectivity index (χ2n) is 4.53. The Morgan fingerprint density at radius 3 is 2.71 bits per heavy atom. The van der Waals surface area contributed by atoms with E-state index >= 15 is 0 Å². The minimum Gasteiger partial charge on any atom is -0.345 e. The van der Waals surface area contributed by atoms with Crippen molar-refractivity contribution in [1.29, 1.82) is 0 Å². The number of rotatable bonds is 4. The number of carbonyl (C=O) groups excluding carboxylic acids is 1. The topological polar surface area (TPSA) is 54.9 Å². The smallest absolute Gasteiger partial charge is 0.265 e. The van der Waals surface area contributed by atoms with Crippen LogP contribution in [-0.2, 0) is 0 Å². The summed E-state index contributed by atoms with van der Waals surface area (Å²) in [6.45, 7) is 1.96. The van der Waals surface area contributed by atoms with Crippen molar-refractivity contribution in [3.05, 3.63) is 58.3 Å². The molecule has 0 fully saturated rings. The molecule has 0 radical (unpaired) electrons. The van der Waals surface area contributed by atoms with Gasteiger partial charge in [0.05, 0.1) is 10.9 Å². The highest BCUT2D eigenvalue weighted by Crippen LogP contribution is 2.28. The highest BCUT2D eigenvalue weighted by atomic mass is 32.1. The zero-order valence-electron chi connectivity index (χ0n) is 11.3. The summed E-state index contributed by atoms with van der Waals surface area (Å²) in [5.41, 5.74) is 1.73. The van der Waals surface area contributed by atoms with Crippen molar-refractivity contribution in [3.63, 3.8) is 0 Å². The number of thiophene rings is 1. The molecule has 3 aromatic rings. The Labute approximate surface area is 130 Å². The fraction of sp³-hybridized carbons (Fsp3) is 0.133. The number of aromatic nitrogens is 2. The Bertz CT molecular complexity index is 722. The first kappa shape index (κ1) is 13.9. The molecule has 0 aliphatic heterocycles. The Balaban J connectivity index is 1.79. The maximum absolute atomic E-state index is 12.4. The molecule has 2 aromatic heterocycles. The van der Waals surface area contributed by atoms with Crippen molar-refractivity contribution < 1.29 is 4.79 Å². The molecule has 0 bridgehead atoms. The van der Waals surface area contributed by atoms with Crippen LogP contribution in [0.15, 0.2) is 47.8 Å². The molecule has 2 heterocycles. The van der Waals surface area contributed by atoms with Gasteiger partial charge in [-0.25, -0.2) is 0 Å². The van der Waals surface area contributed by atoms with E-state index in [1.165, 1.54) is 0 Å². The second-order valence-corrected chi connectivity index (χ2v) is 6.24. The van der Waals surface area contributed by atoms with Gasteiger partial charge in [-0.05, 0) is 35.5 Å². The highest BCUT2D eigenvalue weighted by molar-refractivity contribution is 7.14. The third-order valence-corrected chi connectivity index (χ3v) is 4.70. The number of benzene rings is 1. The fourth-order valence-corrected chi connectivity index (χ4v) is 3.36. The zero-order chi connectivity index (χ0) is 14.7. The lowest BCUT2D eigenvalue weighted by Gasteiger charge is -2.13. The first-order chi connectivity index (χ1) is 10.3. The van der Waals surface area contributed by atoms with Crippen LogP contribution in [0.5, 0.6) is 0 Å². The van der Waals surface area contributed by atoms with Crippen LogP contribution < -0.4 is 5.32 Å². The molecule has 0 aliphatic carbocycles. The van der Waals surface area contributed by atoms with Crippen molar-refractivity contribution in [2.24, 2.45) is 0 Å². The molecular formula is C15H13N3OS2. The summed E-state index contributed by atoms with van der Waals surface area (Å²) in [6.07, 6.45) is 0. The molecule has 1 N–H and O–H groups in total. The third-order valence-electron chi connectivity index (χ3n) is 3.10. The standard InChI is InChI=1S/C15H13N3OS2/c1-10(11-6-3-2-4-7-11)16-15(19)14-13(17-18-21-14)12-8-5-9-20-12/h2-10H,1H3,(H,16,19)/t10-/m0/s1. The van der Waals surface area contributed by atoms with E-state index in [0.717, 1.165) is 22.0 Å². The van der Waals surface area contributed by atoms with Crippen LogP contribution in [-0.4, -0.2) is 15.5 Å². The van der Waals surface area contributed by atoms with Crippen LogP contribution in [0.3, 0.4) is 0 Å². The van der Waals surface area contributed by atoms with Crippen LogP contribution in [0.4, 0.5) is 0 Å². The van der Waals surface area contributed by atoms with Crippen molar-refractivity contribution in [1.82, 2.24) is 14.9 Å². The molecule has 6 heteroatoms. The number of carbonyl (C=O) groups is 1. The molecule has 1 atom stereocenters. The third kappa shape index (κ3) is 3.01. The monoisotopic (exact) mass is 315 g/mol. The minimum absolute atomic E-state index is 0.0583. The fourth-order valence-electron chi connectivity index (χ4n) is 2.00. The lowest BCUT2D eigenvalue weighted by molar-refractivity contribution is 0.0944. The molecule has 0 unspecified atom stereocenters. The van der Waals surface area contributed by atoms with Gasteiger partial charge in [-0.2, -0.15) is 0 Å². The van der Waals surface area contributed by atoms with Crippen LogP contribution in [0.25, 0.3) is 10.6 Å². The Morgan fingerprint density at radius 1 is 1.19 bits per heavy atom. The number of nitrogens with one attached hydrogen (secondary N) is 1. The summed E-state index contributed by atoms with van der Waals surface area (Å²) in [5.74, 6) is -0.134. The van der Waals surface area contributed by atoms with Crippen LogP contribution in [0.2, 0.25) is 0 Å². The van der Waals surface area contributed by atoms with Crippen molar-refractivity contribution in [3.8, 4) is 10.6 Å². The number of hydrogen-bond donors (Lipinski definition) is 1. The quantitative estimate of drug-likeness (QED) is 0.797. The van der Waals surface area contributed by atoms with Gasteiger partial charge in [0.15, 0.2) is 0 Å². The molecule has 1 aromatic carbocycles. The van der Waals surface area contributed by atoms with Crippen molar-refractivity contribution in [2.45, 2.75) is 13.0 Å². The van der Waals surface area contributed by atoms with Gasteiger partial charge in [0.1, 0.15) is 10.6 Å². The molecule has 0 saturated carbocycles. The molecule has 3 rings (SSSR count). The molecule has 106 valence electrons. The van der Waals surface area contributed by atoms with E-state index in [1.807, 2.05) is 54.8 Å². The van der Waals surface area contributed by atoms with E-state index in [1.54, 1.807) is 11.3 Å². The summed E-state index contributed by atoms with van der Waals surface area (Å²) < 4.78 is 3.92. The summed E-state index contributed by atoms with van der Waals surface area (Å²) in [5, 5.41) is 9.04. The Kier molecular flexibility index (Phi) is 4.08. The molecule has 1 amide bonds. The normalized spacial score (nSPS) is 12.0. The van der Waals surface area contributed by atoms with Crippen LogP contribution >= 0.6 is 22.9 Å². The average Bonchev–Trinajstić information content (AvgIpc) is 3.18. The van der Waals surface area contributed by atoms with Crippen molar-refractivity contribution in [2.75, 3.05) is 0 Å². The SMILES string of the molecule is C[C@H](NC(=O)c1snnc1-c1cccs1)c1ccccc1. The molecule has 4 nitrogen and oxygen atoms in total. The lowest BCUT2D eigenvalue weighted by atomic mass is 10.1. The molecule has 0 saturated heterocycles. The number of nitrogens with zero attached hydrogens (tertiary/aromatic N) is 2. The Morgan fingerprint density at radius 2 is 2.00 bits per heavy atom. The summed E-state index contributed by atoms with van der Waals surface area (Å²) in [4.78, 5) is 13.9. The van der Waals surface area contributed by atoms with Gasteiger partial charge in [-0.3, -0.25) is 4.79 Å². The first-order valence-electron chi connectivity index (χ1n) is 6.47. The van der Waals surface area contributed by atoms with Gasteiger partial charge in [0.2, 0.25) is 0 Å². The maximum Gasteiger partial charge on any atom is 0.265 e. The molecule has 0 aliphatic rings. The van der Waals surface area contributed by atoms with Crippen LogP contribution in [0, 0.1) is 0 Å². The van der Waals surface area contributed by atoms with Crippen LogP contribution in [0.1, 0.15) is 28.2 Å². The van der Waals surface area contributed by atoms with Gasteiger partial charge < -0.3 is 5.32 Å². The molecule has 0 spiro atoms. The van der Waals surface area contributed by atoms with E-state index in [2.05, 4.69) is 14.9 Å². The average molecular weight is 315 g/mol.